The van der Waals surface area contributed by atoms with Gasteiger partial charge in [-0.05, 0) is 24.6 Å². The Morgan fingerprint density at radius 1 is 1.25 bits per heavy atom. The molecule has 1 aromatic carbocycles. The van der Waals surface area contributed by atoms with Gasteiger partial charge >= 0.3 is 0 Å². The third-order valence-corrected chi connectivity index (χ3v) is 4.39. The molecule has 0 radical (unpaired) electrons. The highest BCUT2D eigenvalue weighted by Gasteiger charge is 2.21. The van der Waals surface area contributed by atoms with E-state index in [-0.39, 0.29) is 5.92 Å². The summed E-state index contributed by atoms with van der Waals surface area (Å²) >= 11 is 6.18. The molecule has 6 nitrogen and oxygen atoms in total. The van der Waals surface area contributed by atoms with E-state index in [1.165, 1.54) is 0 Å². The van der Waals surface area contributed by atoms with E-state index in [4.69, 9.17) is 25.8 Å². The summed E-state index contributed by atoms with van der Waals surface area (Å²) in [6.07, 6.45) is 0.956. The van der Waals surface area contributed by atoms with E-state index in [1.54, 1.807) is 14.2 Å². The summed E-state index contributed by atoms with van der Waals surface area (Å²) in [4.78, 5) is 0. The molecular formula is C17H20ClN3O3. The lowest BCUT2D eigenvalue weighted by Gasteiger charge is -2.13. The molecule has 1 N–H and O–H groups in total. The molecule has 1 atom stereocenters. The fourth-order valence-electron chi connectivity index (χ4n) is 2.73. The number of hydrogen-bond acceptors (Lipinski definition) is 6. The van der Waals surface area contributed by atoms with Crippen molar-refractivity contribution in [3.05, 3.63) is 40.5 Å². The molecule has 1 saturated heterocycles. The molecule has 7 heteroatoms. The number of ether oxygens (including phenoxy) is 3. The number of rotatable bonds is 6. The van der Waals surface area contributed by atoms with Crippen LogP contribution < -0.4 is 14.8 Å². The lowest BCUT2D eigenvalue weighted by atomic mass is 10.0. The first-order valence-corrected chi connectivity index (χ1v) is 8.14. The van der Waals surface area contributed by atoms with Crippen LogP contribution in [0.5, 0.6) is 11.5 Å². The normalized spacial score (nSPS) is 16.9. The molecule has 1 aliphatic heterocycles. The Hall–Kier alpha value is -2.05. The van der Waals surface area contributed by atoms with Gasteiger partial charge < -0.3 is 19.5 Å². The number of anilines is 1. The van der Waals surface area contributed by atoms with Crippen LogP contribution >= 0.6 is 11.6 Å². The van der Waals surface area contributed by atoms with Gasteiger partial charge in [-0.3, -0.25) is 0 Å². The van der Waals surface area contributed by atoms with Crippen molar-refractivity contribution in [2.24, 2.45) is 0 Å². The minimum absolute atomic E-state index is 0.282. The molecule has 0 saturated carbocycles. The van der Waals surface area contributed by atoms with Crippen LogP contribution in [-0.2, 0) is 11.3 Å². The van der Waals surface area contributed by atoms with Crippen LogP contribution in [0, 0.1) is 0 Å². The van der Waals surface area contributed by atoms with Gasteiger partial charge in [0.05, 0.1) is 20.8 Å². The van der Waals surface area contributed by atoms with Crippen molar-refractivity contribution in [1.82, 2.24) is 10.2 Å². The molecule has 0 bridgehead atoms. The average Bonchev–Trinajstić information content (AvgIpc) is 3.15. The molecule has 0 aliphatic carbocycles. The van der Waals surface area contributed by atoms with E-state index < -0.39 is 0 Å². The maximum atomic E-state index is 6.18. The number of nitrogens with zero attached hydrogens (tertiary/aromatic N) is 2. The zero-order chi connectivity index (χ0) is 16.9. The number of hydrogen-bond donors (Lipinski definition) is 1. The zero-order valence-corrected chi connectivity index (χ0v) is 14.5. The lowest BCUT2D eigenvalue weighted by molar-refractivity contribution is 0.194. The number of methoxy groups -OCH3 is 2. The molecule has 0 amide bonds. The monoisotopic (exact) mass is 349 g/mol. The van der Waals surface area contributed by atoms with Crippen molar-refractivity contribution >= 4 is 17.4 Å². The standard InChI is InChI=1S/C17H20ClN3O3/c1-22-13-4-3-11(15(7-13)23-2)9-19-16-8-14(17(18)21-20-16)12-5-6-24-10-12/h3-4,7-8,12H,5-6,9-10H2,1-2H3,(H,19,20). The Morgan fingerprint density at radius 3 is 2.83 bits per heavy atom. The van der Waals surface area contributed by atoms with Crippen molar-refractivity contribution in [1.29, 1.82) is 0 Å². The van der Waals surface area contributed by atoms with Crippen molar-refractivity contribution in [2.75, 3.05) is 32.8 Å². The summed E-state index contributed by atoms with van der Waals surface area (Å²) in [5.74, 6) is 2.47. The Kier molecular flexibility index (Phi) is 5.37. The SMILES string of the molecule is COc1ccc(CNc2cc(C3CCOC3)c(Cl)nn2)c(OC)c1. The number of benzene rings is 1. The Bertz CT molecular complexity index is 705. The highest BCUT2D eigenvalue weighted by Crippen LogP contribution is 2.31. The molecule has 1 fully saturated rings. The number of aromatic nitrogens is 2. The molecule has 24 heavy (non-hydrogen) atoms. The first-order chi connectivity index (χ1) is 11.7. The van der Waals surface area contributed by atoms with Crippen LogP contribution in [0.2, 0.25) is 5.15 Å². The summed E-state index contributed by atoms with van der Waals surface area (Å²) in [5.41, 5.74) is 1.98. The third kappa shape index (κ3) is 3.71. The van der Waals surface area contributed by atoms with Crippen LogP contribution in [0.3, 0.4) is 0 Å². The van der Waals surface area contributed by atoms with Gasteiger partial charge in [-0.25, -0.2) is 0 Å². The van der Waals surface area contributed by atoms with Crippen LogP contribution in [0.15, 0.2) is 24.3 Å². The van der Waals surface area contributed by atoms with E-state index in [9.17, 15) is 0 Å². The predicted molar refractivity (Wildman–Crippen MR) is 92.1 cm³/mol. The summed E-state index contributed by atoms with van der Waals surface area (Å²) < 4.78 is 16.0. The van der Waals surface area contributed by atoms with Gasteiger partial charge in [-0.1, -0.05) is 11.6 Å². The van der Waals surface area contributed by atoms with Crippen molar-refractivity contribution < 1.29 is 14.2 Å². The van der Waals surface area contributed by atoms with E-state index in [0.29, 0.717) is 24.1 Å². The molecule has 0 spiro atoms. The number of nitrogens with one attached hydrogen (secondary N) is 1. The zero-order valence-electron chi connectivity index (χ0n) is 13.7. The molecule has 128 valence electrons. The quantitative estimate of drug-likeness (QED) is 0.863. The number of halogens is 1. The second-order valence-corrected chi connectivity index (χ2v) is 5.93. The van der Waals surface area contributed by atoms with Crippen molar-refractivity contribution in [3.8, 4) is 11.5 Å². The minimum Gasteiger partial charge on any atom is -0.497 e. The highest BCUT2D eigenvalue weighted by atomic mass is 35.5. The van der Waals surface area contributed by atoms with Gasteiger partial charge in [0.1, 0.15) is 17.3 Å². The molecule has 1 unspecified atom stereocenters. The van der Waals surface area contributed by atoms with E-state index in [0.717, 1.165) is 35.7 Å². The summed E-state index contributed by atoms with van der Waals surface area (Å²) in [6.45, 7) is 2.00. The van der Waals surface area contributed by atoms with Crippen LogP contribution in [0.1, 0.15) is 23.5 Å². The molecule has 3 rings (SSSR count). The van der Waals surface area contributed by atoms with Gasteiger partial charge in [-0.2, -0.15) is 0 Å². The molecule has 2 aromatic rings. The van der Waals surface area contributed by atoms with E-state index in [2.05, 4.69) is 15.5 Å². The first kappa shape index (κ1) is 16.8. The summed E-state index contributed by atoms with van der Waals surface area (Å²) in [7, 11) is 3.27. The van der Waals surface area contributed by atoms with Crippen LogP contribution in [0.25, 0.3) is 0 Å². The van der Waals surface area contributed by atoms with Crippen LogP contribution in [0.4, 0.5) is 5.82 Å². The molecule has 1 aliphatic rings. The molecule has 2 heterocycles. The largest absolute Gasteiger partial charge is 0.497 e. The molecule has 1 aromatic heterocycles. The van der Waals surface area contributed by atoms with Gasteiger partial charge in [-0.15, -0.1) is 10.2 Å². The fraction of sp³-hybridized carbons (Fsp3) is 0.412. The second-order valence-electron chi connectivity index (χ2n) is 5.57. The lowest BCUT2D eigenvalue weighted by Crippen LogP contribution is -2.07. The molecular weight excluding hydrogens is 330 g/mol. The Labute approximate surface area is 146 Å². The van der Waals surface area contributed by atoms with Gasteiger partial charge in [0.25, 0.3) is 0 Å². The smallest absolute Gasteiger partial charge is 0.155 e. The van der Waals surface area contributed by atoms with Gasteiger partial charge in [0.2, 0.25) is 0 Å². The fourth-order valence-corrected chi connectivity index (χ4v) is 2.97. The summed E-state index contributed by atoms with van der Waals surface area (Å²) in [6, 6.07) is 7.66. The van der Waals surface area contributed by atoms with Crippen LogP contribution in [-0.4, -0.2) is 37.6 Å². The summed E-state index contributed by atoms with van der Waals surface area (Å²) in [5, 5.41) is 11.9. The maximum absolute atomic E-state index is 6.18. The predicted octanol–water partition coefficient (Wildman–Crippen LogP) is 3.26. The maximum Gasteiger partial charge on any atom is 0.155 e. The van der Waals surface area contributed by atoms with E-state index >= 15 is 0 Å². The van der Waals surface area contributed by atoms with Crippen molar-refractivity contribution in [3.63, 3.8) is 0 Å². The third-order valence-electron chi connectivity index (χ3n) is 4.10. The Morgan fingerprint density at radius 2 is 2.12 bits per heavy atom. The topological polar surface area (TPSA) is 65.5 Å². The minimum atomic E-state index is 0.282. The second kappa shape index (κ2) is 7.68. The van der Waals surface area contributed by atoms with Crippen molar-refractivity contribution in [2.45, 2.75) is 18.9 Å². The van der Waals surface area contributed by atoms with Gasteiger partial charge in [0.15, 0.2) is 5.15 Å². The highest BCUT2D eigenvalue weighted by molar-refractivity contribution is 6.30. The van der Waals surface area contributed by atoms with E-state index in [1.807, 2.05) is 24.3 Å². The van der Waals surface area contributed by atoms with Gasteiger partial charge in [0, 0.05) is 36.3 Å². The average molecular weight is 350 g/mol. The first-order valence-electron chi connectivity index (χ1n) is 7.77. The Balaban J connectivity index is 1.74.